The van der Waals surface area contributed by atoms with Crippen LogP contribution in [0.15, 0.2) is 18.2 Å². The van der Waals surface area contributed by atoms with Gasteiger partial charge in [0.05, 0.1) is 25.2 Å². The molecule has 0 unspecified atom stereocenters. The summed E-state index contributed by atoms with van der Waals surface area (Å²) in [6.45, 7) is 12.9. The molecule has 2 amide bonds. The molecule has 0 saturated carbocycles. The molecule has 0 bridgehead atoms. The number of benzene rings is 1. The van der Waals surface area contributed by atoms with Crippen molar-refractivity contribution in [1.82, 2.24) is 5.32 Å². The Morgan fingerprint density at radius 1 is 1.02 bits per heavy atom. The van der Waals surface area contributed by atoms with Crippen molar-refractivity contribution in [2.75, 3.05) is 34.0 Å². The molecule has 0 fully saturated rings. The minimum atomic E-state index is -0.854. The summed E-state index contributed by atoms with van der Waals surface area (Å²) in [4.78, 5) is 24.5. The molecule has 0 aromatic heterocycles. The van der Waals surface area contributed by atoms with E-state index in [1.54, 1.807) is 28.1 Å². The predicted octanol–water partition coefficient (Wildman–Crippen LogP) is 3.72. The quantitative estimate of drug-likeness (QED) is 0.180. The van der Waals surface area contributed by atoms with Crippen LogP contribution in [0, 0.1) is 29.1 Å². The van der Waals surface area contributed by atoms with Gasteiger partial charge in [-0.2, -0.15) is 0 Å². The van der Waals surface area contributed by atoms with E-state index >= 15 is 0 Å². The van der Waals surface area contributed by atoms with E-state index < -0.39 is 29.4 Å². The van der Waals surface area contributed by atoms with Gasteiger partial charge in [-0.1, -0.05) is 33.8 Å². The number of ether oxygens (including phenoxy) is 3. The van der Waals surface area contributed by atoms with Crippen LogP contribution in [0.2, 0.25) is 0 Å². The summed E-state index contributed by atoms with van der Waals surface area (Å²) in [6.07, 6.45) is 1.56. The van der Waals surface area contributed by atoms with Crippen molar-refractivity contribution in [2.45, 2.75) is 79.4 Å². The van der Waals surface area contributed by atoms with E-state index in [9.17, 15) is 14.7 Å². The zero-order valence-corrected chi connectivity index (χ0v) is 26.5. The first-order valence-electron chi connectivity index (χ1n) is 14.0. The SMILES string of the molecule is COCCCOc1cc(C[C@@H](C[C@H](N)[C@@H](O)C[C@H](C(=O)NCC(C)(C)C(N)=O)C(C)C)C(C)C)ccc1OC.Cl. The van der Waals surface area contributed by atoms with E-state index in [0.717, 1.165) is 18.4 Å². The van der Waals surface area contributed by atoms with Crippen LogP contribution in [-0.2, 0) is 20.7 Å². The van der Waals surface area contributed by atoms with E-state index in [1.165, 1.54) is 0 Å². The van der Waals surface area contributed by atoms with Gasteiger partial charge in [0.15, 0.2) is 11.5 Å². The number of amides is 2. The number of nitrogens with one attached hydrogen (secondary N) is 1. The number of methoxy groups -OCH3 is 2. The molecule has 9 nitrogen and oxygen atoms in total. The summed E-state index contributed by atoms with van der Waals surface area (Å²) in [7, 11) is 3.29. The maximum atomic E-state index is 12.9. The zero-order chi connectivity index (χ0) is 29.8. The molecule has 4 atom stereocenters. The van der Waals surface area contributed by atoms with Crippen molar-refractivity contribution in [1.29, 1.82) is 0 Å². The Hall–Kier alpha value is -2.07. The van der Waals surface area contributed by atoms with Crippen LogP contribution < -0.4 is 26.3 Å². The van der Waals surface area contributed by atoms with Crippen molar-refractivity contribution in [3.05, 3.63) is 23.8 Å². The van der Waals surface area contributed by atoms with Gasteiger partial charge < -0.3 is 36.1 Å². The third-order valence-electron chi connectivity index (χ3n) is 7.50. The van der Waals surface area contributed by atoms with Crippen LogP contribution in [-0.4, -0.2) is 63.0 Å². The van der Waals surface area contributed by atoms with Crippen LogP contribution >= 0.6 is 12.4 Å². The molecule has 0 aliphatic rings. The zero-order valence-electron chi connectivity index (χ0n) is 25.7. The van der Waals surface area contributed by atoms with Gasteiger partial charge in [0.2, 0.25) is 11.8 Å². The normalized spacial score (nSPS) is 14.7. The standard InChI is InChI=1S/C30H53N3O6.ClH/c1-19(2)22(14-21-10-11-26(38-8)27(15-21)39-13-9-12-37-7)16-24(31)25(34)17-23(20(3)4)28(35)33-18-30(5,6)29(32)36;/h10-11,15,19-20,22-25,34H,9,12-14,16-18,31H2,1-8H3,(H2,32,36)(H,33,35);1H/t22-,23-,24-,25-;/m0./s1. The van der Waals surface area contributed by atoms with Crippen molar-refractivity contribution >= 4 is 24.2 Å². The van der Waals surface area contributed by atoms with Crippen molar-refractivity contribution < 1.29 is 28.9 Å². The minimum Gasteiger partial charge on any atom is -0.493 e. The summed E-state index contributed by atoms with van der Waals surface area (Å²) in [5.74, 6) is 0.792. The first kappa shape index (κ1) is 37.9. The maximum absolute atomic E-state index is 12.9. The van der Waals surface area contributed by atoms with E-state index in [1.807, 2.05) is 32.0 Å². The largest absolute Gasteiger partial charge is 0.493 e. The van der Waals surface area contributed by atoms with E-state index in [4.69, 9.17) is 25.7 Å². The molecule has 0 saturated heterocycles. The van der Waals surface area contributed by atoms with Crippen LogP contribution in [0.4, 0.5) is 0 Å². The van der Waals surface area contributed by atoms with Crippen molar-refractivity contribution in [3.8, 4) is 11.5 Å². The molecule has 1 rings (SSSR count). The number of rotatable bonds is 19. The lowest BCUT2D eigenvalue weighted by atomic mass is 9.80. The highest BCUT2D eigenvalue weighted by molar-refractivity contribution is 5.85. The average Bonchev–Trinajstić information content (AvgIpc) is 2.87. The van der Waals surface area contributed by atoms with E-state index in [0.29, 0.717) is 37.1 Å². The highest BCUT2D eigenvalue weighted by Crippen LogP contribution is 2.32. The summed E-state index contributed by atoms with van der Waals surface area (Å²) < 4.78 is 16.5. The number of aliphatic hydroxyl groups is 1. The summed E-state index contributed by atoms with van der Waals surface area (Å²) >= 11 is 0. The second-order valence-corrected chi connectivity index (χ2v) is 11.9. The molecule has 0 aliphatic heterocycles. The summed E-state index contributed by atoms with van der Waals surface area (Å²) in [5.41, 5.74) is 12.2. The molecule has 6 N–H and O–H groups in total. The Kier molecular flexibility index (Phi) is 17.4. The van der Waals surface area contributed by atoms with Gasteiger partial charge in [0.25, 0.3) is 0 Å². The van der Waals surface area contributed by atoms with Crippen LogP contribution in [0.3, 0.4) is 0 Å². The molecule has 0 spiro atoms. The van der Waals surface area contributed by atoms with Crippen LogP contribution in [0.5, 0.6) is 11.5 Å². The molecular weight excluding hydrogens is 534 g/mol. The van der Waals surface area contributed by atoms with Crippen molar-refractivity contribution in [3.63, 3.8) is 0 Å². The Balaban J connectivity index is 0.0000152. The Morgan fingerprint density at radius 3 is 2.20 bits per heavy atom. The molecule has 40 heavy (non-hydrogen) atoms. The van der Waals surface area contributed by atoms with Gasteiger partial charge in [0, 0.05) is 38.6 Å². The molecule has 232 valence electrons. The Bertz CT molecular complexity index is 896. The topological polar surface area (TPSA) is 146 Å². The molecule has 10 heteroatoms. The highest BCUT2D eigenvalue weighted by Gasteiger charge is 2.32. The van der Waals surface area contributed by atoms with Crippen LogP contribution in [0.1, 0.15) is 66.4 Å². The number of primary amides is 1. The fourth-order valence-corrected chi connectivity index (χ4v) is 4.39. The fraction of sp³-hybridized carbons (Fsp3) is 0.733. The monoisotopic (exact) mass is 587 g/mol. The Morgan fingerprint density at radius 2 is 1.68 bits per heavy atom. The molecule has 0 aliphatic carbocycles. The average molecular weight is 588 g/mol. The number of halogens is 1. The molecule has 0 heterocycles. The third kappa shape index (κ3) is 12.6. The van der Waals surface area contributed by atoms with Crippen molar-refractivity contribution in [2.24, 2.45) is 40.6 Å². The maximum Gasteiger partial charge on any atom is 0.224 e. The van der Waals surface area contributed by atoms with Gasteiger partial charge >= 0.3 is 0 Å². The number of aliphatic hydroxyl groups excluding tert-OH is 1. The molecule has 1 aromatic rings. The Labute approximate surface area is 247 Å². The third-order valence-corrected chi connectivity index (χ3v) is 7.50. The lowest BCUT2D eigenvalue weighted by Crippen LogP contribution is -2.46. The van der Waals surface area contributed by atoms with Gasteiger partial charge in [-0.3, -0.25) is 9.59 Å². The minimum absolute atomic E-state index is 0. The van der Waals surface area contributed by atoms with Gasteiger partial charge in [-0.05, 0) is 68.6 Å². The van der Waals surface area contributed by atoms with Gasteiger partial charge in [0.1, 0.15) is 0 Å². The number of carbonyl (C=O) groups excluding carboxylic acids is 2. The van der Waals surface area contributed by atoms with Gasteiger partial charge in [-0.15, -0.1) is 12.4 Å². The second-order valence-electron chi connectivity index (χ2n) is 11.9. The first-order valence-corrected chi connectivity index (χ1v) is 14.0. The summed E-state index contributed by atoms with van der Waals surface area (Å²) in [5, 5.41) is 13.9. The smallest absolute Gasteiger partial charge is 0.224 e. The van der Waals surface area contributed by atoms with Crippen LogP contribution in [0.25, 0.3) is 0 Å². The molecule has 0 radical (unpaired) electrons. The molecule has 1 aromatic carbocycles. The number of nitrogens with two attached hydrogens (primary N) is 2. The first-order chi connectivity index (χ1) is 18.2. The lowest BCUT2D eigenvalue weighted by molar-refractivity contribution is -0.130. The highest BCUT2D eigenvalue weighted by atomic mass is 35.5. The number of hydrogen-bond donors (Lipinski definition) is 4. The summed E-state index contributed by atoms with van der Waals surface area (Å²) in [6, 6.07) is 5.47. The van der Waals surface area contributed by atoms with E-state index in [2.05, 4.69) is 19.2 Å². The van der Waals surface area contributed by atoms with E-state index in [-0.39, 0.29) is 43.1 Å². The second kappa shape index (κ2) is 18.4. The molecular formula is C30H54ClN3O6. The number of hydrogen-bond acceptors (Lipinski definition) is 7. The lowest BCUT2D eigenvalue weighted by Gasteiger charge is -2.30. The number of carbonyl (C=O) groups is 2. The fourth-order valence-electron chi connectivity index (χ4n) is 4.39. The predicted molar refractivity (Wildman–Crippen MR) is 162 cm³/mol. The van der Waals surface area contributed by atoms with Gasteiger partial charge in [-0.25, -0.2) is 0 Å².